The van der Waals surface area contributed by atoms with Crippen molar-refractivity contribution >= 4 is 58.8 Å². The Labute approximate surface area is 246 Å². The maximum absolute atomic E-state index is 4.73. The summed E-state index contributed by atoms with van der Waals surface area (Å²) in [5, 5.41) is 6.27. The van der Waals surface area contributed by atoms with Gasteiger partial charge in [0.1, 0.15) is 5.65 Å². The third-order valence-corrected chi connectivity index (χ3v) is 9.69. The Morgan fingerprint density at radius 1 is 0.476 bits per heavy atom. The summed E-state index contributed by atoms with van der Waals surface area (Å²) in [5.41, 5.74) is 9.53. The van der Waals surface area contributed by atoms with Crippen molar-refractivity contribution in [3.63, 3.8) is 0 Å². The number of pyridine rings is 1. The van der Waals surface area contributed by atoms with Crippen LogP contribution in [0.5, 0.6) is 0 Å². The number of aromatic nitrogens is 2. The van der Waals surface area contributed by atoms with Crippen LogP contribution in [0.4, 0.5) is 0 Å². The summed E-state index contributed by atoms with van der Waals surface area (Å²) in [4.78, 5) is 4.73. The van der Waals surface area contributed by atoms with Gasteiger partial charge >= 0.3 is 0 Å². The number of thiophene rings is 1. The Balaban J connectivity index is 1.25. The lowest BCUT2D eigenvalue weighted by atomic mass is 9.95. The number of benzene rings is 6. The Bertz CT molecular complexity index is 2470. The van der Waals surface area contributed by atoms with Crippen LogP contribution in [0.2, 0.25) is 0 Å². The molecule has 0 aliphatic carbocycles. The molecule has 3 heteroatoms. The van der Waals surface area contributed by atoms with Crippen molar-refractivity contribution in [1.29, 1.82) is 0 Å². The van der Waals surface area contributed by atoms with E-state index in [1.165, 1.54) is 64.3 Å². The lowest BCUT2D eigenvalue weighted by Gasteiger charge is -2.13. The van der Waals surface area contributed by atoms with Gasteiger partial charge < -0.3 is 0 Å². The molecule has 9 rings (SSSR count). The summed E-state index contributed by atoms with van der Waals surface area (Å²) < 4.78 is 4.89. The standard InChI is InChI=1S/C39H24N2S/c1-2-8-25(9-3-1)27-16-18-33-34(23-27)35-24-28(17-19-36(35)41-21-20-40-39(33)41)26-10-6-11-29(22-26)30-13-7-14-32-31-12-4-5-15-37(31)42-38(30)32/h1-24H. The lowest BCUT2D eigenvalue weighted by Crippen LogP contribution is -1.92. The van der Waals surface area contributed by atoms with Crippen molar-refractivity contribution in [2.75, 3.05) is 0 Å². The van der Waals surface area contributed by atoms with E-state index < -0.39 is 0 Å². The minimum Gasteiger partial charge on any atom is -0.299 e. The van der Waals surface area contributed by atoms with Crippen molar-refractivity contribution < 1.29 is 0 Å². The van der Waals surface area contributed by atoms with Gasteiger partial charge in [0, 0.05) is 43.3 Å². The molecule has 3 heterocycles. The zero-order chi connectivity index (χ0) is 27.6. The average Bonchev–Trinajstić information content (AvgIpc) is 3.71. The first kappa shape index (κ1) is 23.5. The first-order valence-corrected chi connectivity index (χ1v) is 15.0. The summed E-state index contributed by atoms with van der Waals surface area (Å²) in [6.45, 7) is 0. The van der Waals surface area contributed by atoms with Crippen molar-refractivity contribution in [3.8, 4) is 33.4 Å². The van der Waals surface area contributed by atoms with Gasteiger partial charge in [-0.15, -0.1) is 11.3 Å². The van der Waals surface area contributed by atoms with Gasteiger partial charge in [0.05, 0.1) is 5.52 Å². The van der Waals surface area contributed by atoms with Crippen molar-refractivity contribution in [2.45, 2.75) is 0 Å². The normalized spacial score (nSPS) is 11.8. The Hall–Kier alpha value is -5.25. The maximum atomic E-state index is 4.73. The zero-order valence-electron chi connectivity index (χ0n) is 22.7. The number of nitrogens with zero attached hydrogens (tertiary/aromatic N) is 2. The van der Waals surface area contributed by atoms with Crippen LogP contribution in [0.3, 0.4) is 0 Å². The van der Waals surface area contributed by atoms with Gasteiger partial charge in [-0.3, -0.25) is 4.40 Å². The van der Waals surface area contributed by atoms with Crippen LogP contribution in [0.15, 0.2) is 146 Å². The molecule has 0 saturated heterocycles. The molecule has 0 aliphatic rings. The van der Waals surface area contributed by atoms with Gasteiger partial charge in [-0.25, -0.2) is 4.98 Å². The Kier molecular flexibility index (Phi) is 5.10. The van der Waals surface area contributed by atoms with Crippen molar-refractivity contribution in [1.82, 2.24) is 9.38 Å². The van der Waals surface area contributed by atoms with E-state index in [1.807, 2.05) is 17.5 Å². The first-order valence-electron chi connectivity index (χ1n) is 14.2. The second-order valence-electron chi connectivity index (χ2n) is 10.8. The van der Waals surface area contributed by atoms with Gasteiger partial charge in [0.25, 0.3) is 0 Å². The molecule has 0 aliphatic heterocycles. The molecule has 42 heavy (non-hydrogen) atoms. The molecule has 0 spiro atoms. The van der Waals surface area contributed by atoms with Crippen LogP contribution < -0.4 is 0 Å². The monoisotopic (exact) mass is 552 g/mol. The Morgan fingerprint density at radius 3 is 2.14 bits per heavy atom. The number of hydrogen-bond acceptors (Lipinski definition) is 2. The van der Waals surface area contributed by atoms with Crippen LogP contribution in [0.1, 0.15) is 0 Å². The molecule has 0 amide bonds. The number of fused-ring (bicyclic) bond motifs is 9. The Morgan fingerprint density at radius 2 is 1.19 bits per heavy atom. The van der Waals surface area contributed by atoms with Crippen LogP contribution in [0, 0.1) is 0 Å². The second kappa shape index (κ2) is 9.13. The fraction of sp³-hybridized carbons (Fsp3) is 0. The predicted octanol–water partition coefficient (Wildman–Crippen LogP) is 11.0. The van der Waals surface area contributed by atoms with E-state index in [1.54, 1.807) is 0 Å². The van der Waals surface area contributed by atoms with E-state index >= 15 is 0 Å². The predicted molar refractivity (Wildman–Crippen MR) is 179 cm³/mol. The lowest BCUT2D eigenvalue weighted by molar-refractivity contribution is 1.27. The highest BCUT2D eigenvalue weighted by atomic mass is 32.1. The largest absolute Gasteiger partial charge is 0.299 e. The third-order valence-electron chi connectivity index (χ3n) is 8.47. The minimum absolute atomic E-state index is 0.989. The molecule has 0 unspecified atom stereocenters. The van der Waals surface area contributed by atoms with Gasteiger partial charge in [-0.05, 0) is 75.2 Å². The molecular weight excluding hydrogens is 529 g/mol. The van der Waals surface area contributed by atoms with Crippen LogP contribution >= 0.6 is 11.3 Å². The number of rotatable bonds is 3. The van der Waals surface area contributed by atoms with Crippen molar-refractivity contribution in [3.05, 3.63) is 146 Å². The van der Waals surface area contributed by atoms with Crippen LogP contribution in [0.25, 0.3) is 80.9 Å². The van der Waals surface area contributed by atoms with E-state index in [9.17, 15) is 0 Å². The fourth-order valence-electron chi connectivity index (χ4n) is 6.45. The molecule has 6 aromatic carbocycles. The number of imidazole rings is 1. The van der Waals surface area contributed by atoms with Gasteiger partial charge in [0.15, 0.2) is 0 Å². The molecule has 3 aromatic heterocycles. The molecule has 196 valence electrons. The summed E-state index contributed by atoms with van der Waals surface area (Å²) in [6.07, 6.45) is 3.96. The molecule has 0 fully saturated rings. The fourth-order valence-corrected chi connectivity index (χ4v) is 7.69. The van der Waals surface area contributed by atoms with Gasteiger partial charge in [-0.1, -0.05) is 97.1 Å². The smallest absolute Gasteiger partial charge is 0.145 e. The summed E-state index contributed by atoms with van der Waals surface area (Å²) in [7, 11) is 0. The van der Waals surface area contributed by atoms with E-state index in [0.29, 0.717) is 0 Å². The summed E-state index contributed by atoms with van der Waals surface area (Å²) in [5.74, 6) is 0. The molecule has 9 aromatic rings. The van der Waals surface area contributed by atoms with Gasteiger partial charge in [-0.2, -0.15) is 0 Å². The minimum atomic E-state index is 0.989. The molecule has 0 bridgehead atoms. The topological polar surface area (TPSA) is 17.3 Å². The summed E-state index contributed by atoms with van der Waals surface area (Å²) >= 11 is 1.88. The second-order valence-corrected chi connectivity index (χ2v) is 11.9. The molecule has 0 radical (unpaired) electrons. The quantitative estimate of drug-likeness (QED) is 0.199. The highest BCUT2D eigenvalue weighted by molar-refractivity contribution is 7.26. The first-order chi connectivity index (χ1) is 20.8. The average molecular weight is 553 g/mol. The molecule has 2 nitrogen and oxygen atoms in total. The van der Waals surface area contributed by atoms with Crippen molar-refractivity contribution in [2.24, 2.45) is 0 Å². The summed E-state index contributed by atoms with van der Waals surface area (Å²) in [6, 6.07) is 48.6. The molecule has 0 N–H and O–H groups in total. The molecule has 0 saturated carbocycles. The maximum Gasteiger partial charge on any atom is 0.145 e. The molecule has 0 atom stereocenters. The number of hydrogen-bond donors (Lipinski definition) is 0. The van der Waals surface area contributed by atoms with Gasteiger partial charge in [0.2, 0.25) is 0 Å². The zero-order valence-corrected chi connectivity index (χ0v) is 23.5. The van der Waals surface area contributed by atoms with Crippen LogP contribution in [-0.2, 0) is 0 Å². The van der Waals surface area contributed by atoms with E-state index in [2.05, 4.69) is 144 Å². The SMILES string of the molecule is c1ccc(-c2ccc3c(c2)c2cc(-c4cccc(-c5cccc6c5sc5ccccc56)c4)ccc2n2ccnc32)cc1. The molecular formula is C39H24N2S. The van der Waals surface area contributed by atoms with E-state index in [-0.39, 0.29) is 0 Å². The third kappa shape index (κ3) is 3.54. The van der Waals surface area contributed by atoms with Crippen LogP contribution in [-0.4, -0.2) is 9.38 Å². The highest BCUT2D eigenvalue weighted by Crippen LogP contribution is 2.41. The van der Waals surface area contributed by atoms with E-state index in [0.717, 1.165) is 16.6 Å². The van der Waals surface area contributed by atoms with E-state index in [4.69, 9.17) is 4.98 Å². The highest BCUT2D eigenvalue weighted by Gasteiger charge is 2.14.